The SMILES string of the molecule is COc1ccccc1NC(=O)Cc1ccc2[nH]c(C)cc2c1. The summed E-state index contributed by atoms with van der Waals surface area (Å²) in [6, 6.07) is 15.5. The first-order chi connectivity index (χ1) is 10.7. The van der Waals surface area contributed by atoms with Gasteiger partial charge in [0.25, 0.3) is 0 Å². The number of hydrogen-bond acceptors (Lipinski definition) is 2. The average molecular weight is 294 g/mol. The second kappa shape index (κ2) is 5.93. The lowest BCUT2D eigenvalue weighted by atomic mass is 10.1. The number of aromatic amines is 1. The van der Waals surface area contributed by atoms with Crippen LogP contribution in [0.15, 0.2) is 48.5 Å². The van der Waals surface area contributed by atoms with Crippen LogP contribution in [0.3, 0.4) is 0 Å². The minimum absolute atomic E-state index is 0.0592. The van der Waals surface area contributed by atoms with E-state index in [9.17, 15) is 4.79 Å². The standard InChI is InChI=1S/C18H18N2O2/c1-12-9-14-10-13(7-8-15(14)19-12)11-18(21)20-16-5-3-4-6-17(16)22-2/h3-10,19H,11H2,1-2H3,(H,20,21). The van der Waals surface area contributed by atoms with Crippen LogP contribution in [0.25, 0.3) is 10.9 Å². The highest BCUT2D eigenvalue weighted by Gasteiger charge is 2.08. The van der Waals surface area contributed by atoms with Crippen LogP contribution in [0.4, 0.5) is 5.69 Å². The Bertz CT molecular complexity index is 821. The van der Waals surface area contributed by atoms with Gasteiger partial charge in [-0.15, -0.1) is 0 Å². The number of amides is 1. The molecular weight excluding hydrogens is 276 g/mol. The molecule has 4 heteroatoms. The van der Waals surface area contributed by atoms with Gasteiger partial charge in [0.15, 0.2) is 0 Å². The van der Waals surface area contributed by atoms with Gasteiger partial charge >= 0.3 is 0 Å². The van der Waals surface area contributed by atoms with Crippen LogP contribution in [-0.2, 0) is 11.2 Å². The molecule has 0 atom stereocenters. The predicted molar refractivity (Wildman–Crippen MR) is 88.4 cm³/mol. The second-order valence-electron chi connectivity index (χ2n) is 5.30. The van der Waals surface area contributed by atoms with Crippen molar-refractivity contribution in [1.29, 1.82) is 0 Å². The van der Waals surface area contributed by atoms with Gasteiger partial charge in [-0.05, 0) is 48.2 Å². The number of ether oxygens (including phenoxy) is 1. The number of hydrogen-bond donors (Lipinski definition) is 2. The number of aryl methyl sites for hydroxylation is 1. The number of anilines is 1. The Morgan fingerprint density at radius 2 is 2.00 bits per heavy atom. The number of para-hydroxylation sites is 2. The molecule has 0 bridgehead atoms. The molecule has 3 aromatic rings. The van der Waals surface area contributed by atoms with Crippen molar-refractivity contribution in [2.24, 2.45) is 0 Å². The van der Waals surface area contributed by atoms with Gasteiger partial charge in [-0.2, -0.15) is 0 Å². The third kappa shape index (κ3) is 2.96. The molecule has 0 fully saturated rings. The molecule has 2 N–H and O–H groups in total. The highest BCUT2D eigenvalue weighted by Crippen LogP contribution is 2.23. The zero-order valence-corrected chi connectivity index (χ0v) is 12.6. The van der Waals surface area contributed by atoms with E-state index in [1.165, 1.54) is 0 Å². The van der Waals surface area contributed by atoms with Crippen molar-refractivity contribution >= 4 is 22.5 Å². The minimum Gasteiger partial charge on any atom is -0.495 e. The topological polar surface area (TPSA) is 54.1 Å². The monoisotopic (exact) mass is 294 g/mol. The lowest BCUT2D eigenvalue weighted by Crippen LogP contribution is -2.14. The Balaban J connectivity index is 1.75. The average Bonchev–Trinajstić information content (AvgIpc) is 2.87. The number of methoxy groups -OCH3 is 1. The van der Waals surface area contributed by atoms with Crippen molar-refractivity contribution in [3.8, 4) is 5.75 Å². The van der Waals surface area contributed by atoms with Gasteiger partial charge in [0, 0.05) is 11.2 Å². The quantitative estimate of drug-likeness (QED) is 0.771. The maximum Gasteiger partial charge on any atom is 0.228 e. The van der Waals surface area contributed by atoms with E-state index in [0.29, 0.717) is 17.9 Å². The van der Waals surface area contributed by atoms with Crippen molar-refractivity contribution in [3.63, 3.8) is 0 Å². The van der Waals surface area contributed by atoms with E-state index in [2.05, 4.69) is 16.4 Å². The normalized spacial score (nSPS) is 10.6. The van der Waals surface area contributed by atoms with Gasteiger partial charge in [-0.3, -0.25) is 4.79 Å². The summed E-state index contributed by atoms with van der Waals surface area (Å²) in [5.41, 5.74) is 3.88. The van der Waals surface area contributed by atoms with Crippen LogP contribution >= 0.6 is 0 Å². The Morgan fingerprint density at radius 3 is 2.82 bits per heavy atom. The summed E-state index contributed by atoms with van der Waals surface area (Å²) < 4.78 is 5.24. The number of carbonyl (C=O) groups excluding carboxylic acids is 1. The molecular formula is C18H18N2O2. The zero-order valence-electron chi connectivity index (χ0n) is 12.6. The van der Waals surface area contributed by atoms with Crippen LogP contribution in [-0.4, -0.2) is 18.0 Å². The lowest BCUT2D eigenvalue weighted by molar-refractivity contribution is -0.115. The maximum absolute atomic E-state index is 12.2. The molecule has 0 spiro atoms. The number of fused-ring (bicyclic) bond motifs is 1. The van der Waals surface area contributed by atoms with Crippen LogP contribution < -0.4 is 10.1 Å². The first-order valence-corrected chi connectivity index (χ1v) is 7.17. The first-order valence-electron chi connectivity index (χ1n) is 7.17. The lowest BCUT2D eigenvalue weighted by Gasteiger charge is -2.09. The second-order valence-corrected chi connectivity index (χ2v) is 5.30. The van der Waals surface area contributed by atoms with Crippen molar-refractivity contribution < 1.29 is 9.53 Å². The van der Waals surface area contributed by atoms with E-state index >= 15 is 0 Å². The van der Waals surface area contributed by atoms with E-state index in [-0.39, 0.29) is 5.91 Å². The molecule has 3 rings (SSSR count). The number of nitrogens with one attached hydrogen (secondary N) is 2. The van der Waals surface area contributed by atoms with Gasteiger partial charge < -0.3 is 15.0 Å². The Hall–Kier alpha value is -2.75. The summed E-state index contributed by atoms with van der Waals surface area (Å²) in [4.78, 5) is 15.5. The number of carbonyl (C=O) groups is 1. The van der Waals surface area contributed by atoms with Crippen LogP contribution in [0.2, 0.25) is 0 Å². The Morgan fingerprint density at radius 1 is 1.18 bits per heavy atom. The fourth-order valence-corrected chi connectivity index (χ4v) is 2.56. The number of aromatic nitrogens is 1. The maximum atomic E-state index is 12.2. The third-order valence-corrected chi connectivity index (χ3v) is 3.57. The van der Waals surface area contributed by atoms with E-state index in [0.717, 1.165) is 22.2 Å². The summed E-state index contributed by atoms with van der Waals surface area (Å²) in [6.07, 6.45) is 0.332. The highest BCUT2D eigenvalue weighted by molar-refractivity contribution is 5.94. The van der Waals surface area contributed by atoms with Gasteiger partial charge in [0.05, 0.1) is 19.2 Å². The molecule has 0 aliphatic heterocycles. The Kier molecular flexibility index (Phi) is 3.83. The van der Waals surface area contributed by atoms with E-state index in [1.54, 1.807) is 7.11 Å². The molecule has 112 valence electrons. The molecule has 1 heterocycles. The number of benzene rings is 2. The number of rotatable bonds is 4. The molecule has 0 aliphatic carbocycles. The third-order valence-electron chi connectivity index (χ3n) is 3.57. The summed E-state index contributed by atoms with van der Waals surface area (Å²) in [5.74, 6) is 0.601. The summed E-state index contributed by atoms with van der Waals surface area (Å²) in [5, 5.41) is 4.02. The van der Waals surface area contributed by atoms with Crippen molar-refractivity contribution in [2.75, 3.05) is 12.4 Å². The molecule has 1 amide bonds. The van der Waals surface area contributed by atoms with E-state index < -0.39 is 0 Å². The molecule has 0 aliphatic rings. The van der Waals surface area contributed by atoms with Gasteiger partial charge in [-0.25, -0.2) is 0 Å². The fraction of sp³-hybridized carbons (Fsp3) is 0.167. The van der Waals surface area contributed by atoms with Gasteiger partial charge in [0.2, 0.25) is 5.91 Å². The van der Waals surface area contributed by atoms with Crippen LogP contribution in [0.1, 0.15) is 11.3 Å². The summed E-state index contributed by atoms with van der Waals surface area (Å²) >= 11 is 0. The zero-order chi connectivity index (χ0) is 15.5. The van der Waals surface area contributed by atoms with Crippen LogP contribution in [0, 0.1) is 6.92 Å². The summed E-state index contributed by atoms with van der Waals surface area (Å²) in [7, 11) is 1.59. The molecule has 22 heavy (non-hydrogen) atoms. The minimum atomic E-state index is -0.0592. The van der Waals surface area contributed by atoms with Crippen LogP contribution in [0.5, 0.6) is 5.75 Å². The van der Waals surface area contributed by atoms with Crippen molar-refractivity contribution in [1.82, 2.24) is 4.98 Å². The predicted octanol–water partition coefficient (Wildman–Crippen LogP) is 3.67. The fourth-order valence-electron chi connectivity index (χ4n) is 2.56. The molecule has 0 saturated carbocycles. The van der Waals surface area contributed by atoms with Crippen molar-refractivity contribution in [3.05, 3.63) is 59.8 Å². The van der Waals surface area contributed by atoms with Crippen molar-refractivity contribution in [2.45, 2.75) is 13.3 Å². The molecule has 4 nitrogen and oxygen atoms in total. The van der Waals surface area contributed by atoms with Gasteiger partial charge in [-0.1, -0.05) is 18.2 Å². The highest BCUT2D eigenvalue weighted by atomic mass is 16.5. The summed E-state index contributed by atoms with van der Waals surface area (Å²) in [6.45, 7) is 2.02. The molecule has 2 aromatic carbocycles. The molecule has 0 saturated heterocycles. The number of H-pyrrole nitrogens is 1. The van der Waals surface area contributed by atoms with E-state index in [1.807, 2.05) is 49.4 Å². The molecule has 1 aromatic heterocycles. The molecule has 0 unspecified atom stereocenters. The van der Waals surface area contributed by atoms with Gasteiger partial charge in [0.1, 0.15) is 5.75 Å². The Labute approximate surface area is 129 Å². The smallest absolute Gasteiger partial charge is 0.228 e. The largest absolute Gasteiger partial charge is 0.495 e. The molecule has 0 radical (unpaired) electrons. The van der Waals surface area contributed by atoms with E-state index in [4.69, 9.17) is 4.74 Å². The first kappa shape index (κ1) is 14.2.